The lowest BCUT2D eigenvalue weighted by atomic mass is 10.1. The number of hydrogen-bond acceptors (Lipinski definition) is 2. The van der Waals surface area contributed by atoms with Gasteiger partial charge in [0.25, 0.3) is 0 Å². The van der Waals surface area contributed by atoms with Gasteiger partial charge in [-0.3, -0.25) is 0 Å². The molecule has 0 aliphatic carbocycles. The maximum atomic E-state index is 4.46. The molecule has 0 aliphatic heterocycles. The van der Waals surface area contributed by atoms with Crippen molar-refractivity contribution in [1.29, 1.82) is 0 Å². The molecule has 0 aliphatic rings. The molecule has 3 nitrogen and oxygen atoms in total. The largest absolute Gasteiger partial charge is 0.237 e. The number of benzene rings is 1. The van der Waals surface area contributed by atoms with Gasteiger partial charge in [0.1, 0.15) is 6.33 Å². The number of aryl methyl sites for hydroxylation is 2. The van der Waals surface area contributed by atoms with Crippen LogP contribution in [0.5, 0.6) is 0 Å². The smallest absolute Gasteiger partial charge is 0.136 e. The van der Waals surface area contributed by atoms with Crippen LogP contribution in [0, 0.1) is 13.8 Å². The van der Waals surface area contributed by atoms with Gasteiger partial charge in [0.15, 0.2) is 0 Å². The van der Waals surface area contributed by atoms with Crippen LogP contribution >= 0.6 is 0 Å². The second kappa shape index (κ2) is 4.75. The van der Waals surface area contributed by atoms with Crippen LogP contribution in [0.15, 0.2) is 36.7 Å². The molecule has 3 heteroatoms. The van der Waals surface area contributed by atoms with Crippen LogP contribution < -0.4 is 0 Å². The summed E-state index contributed by atoms with van der Waals surface area (Å²) in [6.07, 6.45) is 1.65. The summed E-state index contributed by atoms with van der Waals surface area (Å²) in [6.45, 7) is 8.56. The summed E-state index contributed by atoms with van der Waals surface area (Å²) >= 11 is 0. The number of rotatable bonds is 2. The highest BCUT2D eigenvalue weighted by atomic mass is 15.2. The van der Waals surface area contributed by atoms with Gasteiger partial charge in [-0.05, 0) is 31.4 Å². The fourth-order valence-electron chi connectivity index (χ4n) is 2.61. The minimum atomic E-state index is 0.389. The Hall–Kier alpha value is -2.16. The van der Waals surface area contributed by atoms with E-state index in [1.165, 1.54) is 16.7 Å². The van der Waals surface area contributed by atoms with Crippen LogP contribution in [-0.2, 0) is 0 Å². The molecule has 1 aromatic carbocycles. The summed E-state index contributed by atoms with van der Waals surface area (Å²) in [7, 11) is 0. The van der Waals surface area contributed by atoms with Crippen LogP contribution in [0.2, 0.25) is 0 Å². The fourth-order valence-corrected chi connectivity index (χ4v) is 2.61. The molecule has 20 heavy (non-hydrogen) atoms. The van der Waals surface area contributed by atoms with E-state index in [-0.39, 0.29) is 0 Å². The second-order valence-electron chi connectivity index (χ2n) is 5.64. The fraction of sp³-hybridized carbons (Fsp3) is 0.294. The first-order valence-electron chi connectivity index (χ1n) is 6.98. The molecule has 0 unspecified atom stereocenters. The summed E-state index contributed by atoms with van der Waals surface area (Å²) < 4.78 is 2.02. The number of hydrogen-bond donors (Lipinski definition) is 0. The Balaban J connectivity index is 2.28. The molecule has 0 saturated heterocycles. The zero-order valence-electron chi connectivity index (χ0n) is 12.4. The highest BCUT2D eigenvalue weighted by molar-refractivity contribution is 5.72. The zero-order chi connectivity index (χ0) is 14.3. The summed E-state index contributed by atoms with van der Waals surface area (Å²) in [5, 5.41) is 4.45. The lowest BCUT2D eigenvalue weighted by Gasteiger charge is -2.08. The van der Waals surface area contributed by atoms with E-state index in [0.29, 0.717) is 5.92 Å². The van der Waals surface area contributed by atoms with E-state index in [4.69, 9.17) is 0 Å². The van der Waals surface area contributed by atoms with Gasteiger partial charge in [-0.25, -0.2) is 9.50 Å². The van der Waals surface area contributed by atoms with E-state index in [1.54, 1.807) is 6.33 Å². The van der Waals surface area contributed by atoms with E-state index in [0.717, 1.165) is 16.9 Å². The van der Waals surface area contributed by atoms with Crippen molar-refractivity contribution < 1.29 is 0 Å². The molecule has 0 spiro atoms. The molecule has 0 fully saturated rings. The molecule has 2 aromatic heterocycles. The highest BCUT2D eigenvalue weighted by Gasteiger charge is 2.15. The van der Waals surface area contributed by atoms with Gasteiger partial charge in [-0.1, -0.05) is 43.7 Å². The van der Waals surface area contributed by atoms with Crippen LogP contribution in [0.3, 0.4) is 0 Å². The summed E-state index contributed by atoms with van der Waals surface area (Å²) in [4.78, 5) is 4.46. The van der Waals surface area contributed by atoms with Gasteiger partial charge in [0.2, 0.25) is 0 Å². The molecule has 0 atom stereocenters. The third-order valence-electron chi connectivity index (χ3n) is 3.67. The van der Waals surface area contributed by atoms with Crippen LogP contribution in [0.1, 0.15) is 36.6 Å². The van der Waals surface area contributed by atoms with Crippen LogP contribution in [-0.4, -0.2) is 14.6 Å². The van der Waals surface area contributed by atoms with Gasteiger partial charge < -0.3 is 0 Å². The molecule has 3 aromatic rings. The first-order valence-corrected chi connectivity index (χ1v) is 6.98. The van der Waals surface area contributed by atoms with Crippen LogP contribution in [0.25, 0.3) is 16.8 Å². The monoisotopic (exact) mass is 265 g/mol. The Morgan fingerprint density at radius 2 is 1.75 bits per heavy atom. The molecular formula is C17H19N3. The summed E-state index contributed by atoms with van der Waals surface area (Å²) in [6, 6.07) is 10.8. The normalized spacial score (nSPS) is 11.4. The first-order chi connectivity index (χ1) is 9.58. The molecule has 0 amide bonds. The van der Waals surface area contributed by atoms with Crippen molar-refractivity contribution >= 4 is 5.52 Å². The average Bonchev–Trinajstić information content (AvgIpc) is 2.77. The third-order valence-corrected chi connectivity index (χ3v) is 3.67. The lowest BCUT2D eigenvalue weighted by molar-refractivity contribution is 0.787. The van der Waals surface area contributed by atoms with Crippen LogP contribution in [0.4, 0.5) is 0 Å². The molecule has 0 saturated carbocycles. The Bertz CT molecular complexity index is 752. The first kappa shape index (κ1) is 12.9. The van der Waals surface area contributed by atoms with Crippen molar-refractivity contribution in [3.05, 3.63) is 53.5 Å². The molecule has 0 bridgehead atoms. The van der Waals surface area contributed by atoms with E-state index in [9.17, 15) is 0 Å². The Morgan fingerprint density at radius 3 is 2.40 bits per heavy atom. The average molecular weight is 265 g/mol. The van der Waals surface area contributed by atoms with E-state index in [2.05, 4.69) is 68.1 Å². The molecule has 102 valence electrons. The van der Waals surface area contributed by atoms with Crippen molar-refractivity contribution in [2.24, 2.45) is 0 Å². The quantitative estimate of drug-likeness (QED) is 0.697. The molecule has 0 radical (unpaired) electrons. The van der Waals surface area contributed by atoms with Gasteiger partial charge in [0, 0.05) is 5.56 Å². The summed E-state index contributed by atoms with van der Waals surface area (Å²) in [5.41, 5.74) is 7.05. The van der Waals surface area contributed by atoms with Gasteiger partial charge in [-0.15, -0.1) is 0 Å². The van der Waals surface area contributed by atoms with E-state index >= 15 is 0 Å². The Kier molecular flexibility index (Phi) is 3.05. The predicted octanol–water partition coefficient (Wildman–Crippen LogP) is 4.14. The number of aromatic nitrogens is 3. The molecule has 2 heterocycles. The van der Waals surface area contributed by atoms with Gasteiger partial charge in [0.05, 0.1) is 16.9 Å². The maximum absolute atomic E-state index is 4.46. The molecular weight excluding hydrogens is 246 g/mol. The second-order valence-corrected chi connectivity index (χ2v) is 5.64. The van der Waals surface area contributed by atoms with Crippen molar-refractivity contribution in [2.75, 3.05) is 0 Å². The summed E-state index contributed by atoms with van der Waals surface area (Å²) in [5.74, 6) is 0.389. The third kappa shape index (κ3) is 1.99. The maximum Gasteiger partial charge on any atom is 0.136 e. The highest BCUT2D eigenvalue weighted by Crippen LogP contribution is 2.28. The predicted molar refractivity (Wildman–Crippen MR) is 82.0 cm³/mol. The SMILES string of the molecule is Cc1ccc(-c2cc(C)c3c(C(C)C)ncnn23)cc1. The zero-order valence-corrected chi connectivity index (χ0v) is 12.4. The molecule has 0 N–H and O–H groups in total. The topological polar surface area (TPSA) is 30.2 Å². The van der Waals surface area contributed by atoms with Crippen molar-refractivity contribution in [1.82, 2.24) is 14.6 Å². The van der Waals surface area contributed by atoms with Crippen molar-refractivity contribution in [3.8, 4) is 11.3 Å². The van der Waals surface area contributed by atoms with Gasteiger partial charge in [-0.2, -0.15) is 5.10 Å². The van der Waals surface area contributed by atoms with E-state index < -0.39 is 0 Å². The Labute approximate surface area is 119 Å². The van der Waals surface area contributed by atoms with Crippen molar-refractivity contribution in [2.45, 2.75) is 33.6 Å². The molecule has 3 rings (SSSR count). The minimum Gasteiger partial charge on any atom is -0.237 e. The minimum absolute atomic E-state index is 0.389. The van der Waals surface area contributed by atoms with Crippen molar-refractivity contribution in [3.63, 3.8) is 0 Å². The number of nitrogens with zero attached hydrogens (tertiary/aromatic N) is 3. The standard InChI is InChI=1S/C17H19N3/c1-11(2)16-17-13(4)9-15(20(17)19-10-18-16)14-7-5-12(3)6-8-14/h5-11H,1-4H3. The van der Waals surface area contributed by atoms with Gasteiger partial charge >= 0.3 is 0 Å². The Morgan fingerprint density at radius 1 is 1.05 bits per heavy atom. The lowest BCUT2D eigenvalue weighted by Crippen LogP contribution is -2.02. The van der Waals surface area contributed by atoms with E-state index in [1.807, 2.05) is 4.52 Å². The number of fused-ring (bicyclic) bond motifs is 1.